The van der Waals surface area contributed by atoms with E-state index in [4.69, 9.17) is 4.74 Å². The minimum Gasteiger partial charge on any atom is -0.497 e. The van der Waals surface area contributed by atoms with Crippen molar-refractivity contribution in [1.82, 2.24) is 20.0 Å². The molecule has 1 saturated heterocycles. The van der Waals surface area contributed by atoms with Gasteiger partial charge in [0.15, 0.2) is 5.69 Å². The third-order valence-corrected chi connectivity index (χ3v) is 5.83. The molecule has 1 aliphatic rings. The molecule has 4 rings (SSSR count). The molecule has 1 amide bonds. The fourth-order valence-electron chi connectivity index (χ4n) is 4.08. The number of carbonyl (C=O) groups excluding carboxylic acids is 1. The highest BCUT2D eigenvalue weighted by molar-refractivity contribution is 5.92. The van der Waals surface area contributed by atoms with Gasteiger partial charge in [-0.1, -0.05) is 36.8 Å². The maximum absolute atomic E-state index is 12.9. The lowest BCUT2D eigenvalue weighted by Crippen LogP contribution is -2.41. The van der Waals surface area contributed by atoms with Gasteiger partial charge in [0.05, 0.1) is 18.8 Å². The zero-order valence-corrected chi connectivity index (χ0v) is 18.2. The van der Waals surface area contributed by atoms with E-state index in [1.165, 1.54) is 17.2 Å². The molecule has 0 bridgehead atoms. The highest BCUT2D eigenvalue weighted by Gasteiger charge is 2.24. The summed E-state index contributed by atoms with van der Waals surface area (Å²) in [5, 5.41) is 7.26. The van der Waals surface area contributed by atoms with Crippen LogP contribution in [0.5, 0.6) is 5.75 Å². The number of piperidine rings is 1. The average molecular weight is 433 g/mol. The molecule has 166 valence electrons. The standard InChI is InChI=1S/C25H28N4O3/c1-32-21-12-10-20(11-13-21)29-17-14-23(30)24(27-29)25(31)26-18-22(19-8-4-2-5-9-19)28-15-6-3-7-16-28/h2,4-5,8-14,17,22H,3,6-7,15-16,18H2,1H3,(H,26,31)/t22-/m1/s1. The van der Waals surface area contributed by atoms with E-state index in [0.717, 1.165) is 42.9 Å². The number of hydrogen-bond donors (Lipinski definition) is 1. The largest absolute Gasteiger partial charge is 0.497 e. The van der Waals surface area contributed by atoms with Gasteiger partial charge in [-0.15, -0.1) is 0 Å². The lowest BCUT2D eigenvalue weighted by atomic mass is 10.0. The van der Waals surface area contributed by atoms with Crippen LogP contribution in [-0.4, -0.2) is 47.3 Å². The van der Waals surface area contributed by atoms with Crippen molar-refractivity contribution in [2.75, 3.05) is 26.7 Å². The van der Waals surface area contributed by atoms with Gasteiger partial charge in [-0.3, -0.25) is 14.5 Å². The van der Waals surface area contributed by atoms with Crippen LogP contribution in [0.1, 0.15) is 41.4 Å². The van der Waals surface area contributed by atoms with Crippen LogP contribution in [-0.2, 0) is 0 Å². The molecule has 2 aromatic carbocycles. The number of amides is 1. The first kappa shape index (κ1) is 21.8. The number of carbonyl (C=O) groups is 1. The van der Waals surface area contributed by atoms with Crippen LogP contribution in [0.4, 0.5) is 0 Å². The quantitative estimate of drug-likeness (QED) is 0.621. The Balaban J connectivity index is 1.52. The number of rotatable bonds is 7. The molecule has 0 saturated carbocycles. The van der Waals surface area contributed by atoms with Gasteiger partial charge in [-0.05, 0) is 55.8 Å². The number of ether oxygens (including phenoxy) is 1. The van der Waals surface area contributed by atoms with Gasteiger partial charge in [0, 0.05) is 18.8 Å². The zero-order chi connectivity index (χ0) is 22.3. The molecule has 1 aromatic heterocycles. The Morgan fingerprint density at radius 1 is 1.03 bits per heavy atom. The number of hydrogen-bond acceptors (Lipinski definition) is 5. The molecule has 7 nitrogen and oxygen atoms in total. The molecule has 1 N–H and O–H groups in total. The summed E-state index contributed by atoms with van der Waals surface area (Å²) >= 11 is 0. The highest BCUT2D eigenvalue weighted by atomic mass is 16.5. The predicted molar refractivity (Wildman–Crippen MR) is 123 cm³/mol. The van der Waals surface area contributed by atoms with Crippen LogP contribution in [0, 0.1) is 0 Å². The monoisotopic (exact) mass is 432 g/mol. The molecule has 0 spiro atoms. The Morgan fingerprint density at radius 3 is 2.44 bits per heavy atom. The maximum atomic E-state index is 12.9. The molecule has 0 radical (unpaired) electrons. The topological polar surface area (TPSA) is 76.5 Å². The van der Waals surface area contributed by atoms with Crippen molar-refractivity contribution < 1.29 is 9.53 Å². The fourth-order valence-corrected chi connectivity index (χ4v) is 4.08. The Hall–Kier alpha value is -3.45. The summed E-state index contributed by atoms with van der Waals surface area (Å²) in [6.45, 7) is 2.42. The van der Waals surface area contributed by atoms with E-state index in [-0.39, 0.29) is 11.7 Å². The molecule has 1 atom stereocenters. The van der Waals surface area contributed by atoms with Crippen LogP contribution < -0.4 is 15.5 Å². The van der Waals surface area contributed by atoms with Crippen molar-refractivity contribution >= 4 is 5.91 Å². The molecule has 32 heavy (non-hydrogen) atoms. The number of benzene rings is 2. The number of methoxy groups -OCH3 is 1. The molecule has 3 aromatic rings. The minimum atomic E-state index is -0.462. The first-order chi connectivity index (χ1) is 15.7. The first-order valence-corrected chi connectivity index (χ1v) is 11.0. The highest BCUT2D eigenvalue weighted by Crippen LogP contribution is 2.24. The molecule has 0 unspecified atom stereocenters. The second kappa shape index (κ2) is 10.2. The second-order valence-corrected chi connectivity index (χ2v) is 7.90. The van der Waals surface area contributed by atoms with Crippen molar-refractivity contribution in [1.29, 1.82) is 0 Å². The van der Waals surface area contributed by atoms with Gasteiger partial charge in [-0.2, -0.15) is 5.10 Å². The number of nitrogens with zero attached hydrogens (tertiary/aromatic N) is 3. The summed E-state index contributed by atoms with van der Waals surface area (Å²) in [4.78, 5) is 27.7. The van der Waals surface area contributed by atoms with Crippen molar-refractivity contribution in [2.45, 2.75) is 25.3 Å². The summed E-state index contributed by atoms with van der Waals surface area (Å²) in [7, 11) is 1.60. The Morgan fingerprint density at radius 2 is 1.75 bits per heavy atom. The fraction of sp³-hybridized carbons (Fsp3) is 0.320. The summed E-state index contributed by atoms with van der Waals surface area (Å²) in [6.07, 6.45) is 5.11. The summed E-state index contributed by atoms with van der Waals surface area (Å²) in [5.74, 6) is 0.258. The smallest absolute Gasteiger partial charge is 0.275 e. The van der Waals surface area contributed by atoms with E-state index in [0.29, 0.717) is 6.54 Å². The van der Waals surface area contributed by atoms with E-state index >= 15 is 0 Å². The van der Waals surface area contributed by atoms with Gasteiger partial charge in [0.25, 0.3) is 5.91 Å². The van der Waals surface area contributed by atoms with Crippen molar-refractivity contribution in [3.63, 3.8) is 0 Å². The number of nitrogens with one attached hydrogen (secondary N) is 1. The summed E-state index contributed by atoms with van der Waals surface area (Å²) in [6, 6.07) is 18.9. The Bertz CT molecular complexity index is 1090. The van der Waals surface area contributed by atoms with Gasteiger partial charge in [-0.25, -0.2) is 4.68 Å². The van der Waals surface area contributed by atoms with Crippen LogP contribution >= 0.6 is 0 Å². The zero-order valence-electron chi connectivity index (χ0n) is 18.2. The molecule has 0 aliphatic carbocycles. The number of aromatic nitrogens is 2. The molecular weight excluding hydrogens is 404 g/mol. The average Bonchev–Trinajstić information content (AvgIpc) is 2.86. The van der Waals surface area contributed by atoms with E-state index in [2.05, 4.69) is 27.4 Å². The van der Waals surface area contributed by atoms with Crippen molar-refractivity contribution in [3.8, 4) is 11.4 Å². The van der Waals surface area contributed by atoms with Crippen LogP contribution in [0.2, 0.25) is 0 Å². The van der Waals surface area contributed by atoms with Crippen LogP contribution in [0.3, 0.4) is 0 Å². The van der Waals surface area contributed by atoms with Gasteiger partial charge in [0.1, 0.15) is 5.75 Å². The molecule has 1 aliphatic heterocycles. The third-order valence-electron chi connectivity index (χ3n) is 5.83. The van der Waals surface area contributed by atoms with Crippen molar-refractivity contribution in [3.05, 3.63) is 88.3 Å². The lowest BCUT2D eigenvalue weighted by Gasteiger charge is -2.35. The summed E-state index contributed by atoms with van der Waals surface area (Å²) < 4.78 is 6.70. The lowest BCUT2D eigenvalue weighted by molar-refractivity contribution is 0.0916. The van der Waals surface area contributed by atoms with Crippen LogP contribution in [0.15, 0.2) is 71.7 Å². The normalized spacial score (nSPS) is 15.2. The van der Waals surface area contributed by atoms with E-state index in [9.17, 15) is 9.59 Å². The third kappa shape index (κ3) is 5.06. The summed E-state index contributed by atoms with van der Waals surface area (Å²) in [5.41, 5.74) is 1.37. The molecule has 7 heteroatoms. The van der Waals surface area contributed by atoms with Crippen molar-refractivity contribution in [2.24, 2.45) is 0 Å². The Kier molecular flexibility index (Phi) is 6.97. The molecular formula is C25H28N4O3. The Labute approximate surface area is 187 Å². The molecule has 2 heterocycles. The van der Waals surface area contributed by atoms with E-state index in [1.54, 1.807) is 25.4 Å². The van der Waals surface area contributed by atoms with Gasteiger partial charge in [0.2, 0.25) is 5.43 Å². The minimum absolute atomic E-state index is 0.0629. The van der Waals surface area contributed by atoms with Gasteiger partial charge >= 0.3 is 0 Å². The van der Waals surface area contributed by atoms with Crippen LogP contribution in [0.25, 0.3) is 5.69 Å². The van der Waals surface area contributed by atoms with E-state index in [1.807, 2.05) is 30.3 Å². The van der Waals surface area contributed by atoms with Gasteiger partial charge < -0.3 is 10.1 Å². The SMILES string of the molecule is COc1ccc(-n2ccc(=O)c(C(=O)NC[C@H](c3ccccc3)N3CCCCC3)n2)cc1. The predicted octanol–water partition coefficient (Wildman–Crippen LogP) is 3.20. The first-order valence-electron chi connectivity index (χ1n) is 11.0. The van der Waals surface area contributed by atoms with E-state index < -0.39 is 11.3 Å². The maximum Gasteiger partial charge on any atom is 0.275 e. The number of likely N-dealkylation sites (tertiary alicyclic amines) is 1. The molecule has 1 fully saturated rings. The second-order valence-electron chi connectivity index (χ2n) is 7.90.